The Bertz CT molecular complexity index is 870. The Kier molecular flexibility index (Phi) is 5.43. The summed E-state index contributed by atoms with van der Waals surface area (Å²) < 4.78 is 31.6. The monoisotopic (exact) mass is 370 g/mol. The van der Waals surface area contributed by atoms with Crippen LogP contribution in [0.4, 0.5) is 5.69 Å². The van der Waals surface area contributed by atoms with E-state index in [0.29, 0.717) is 16.3 Å². The van der Waals surface area contributed by atoms with Gasteiger partial charge in [-0.05, 0) is 24.3 Å². The van der Waals surface area contributed by atoms with Crippen molar-refractivity contribution in [3.8, 4) is 5.75 Å². The summed E-state index contributed by atoms with van der Waals surface area (Å²) in [5.41, 5.74) is 0.0806. The van der Waals surface area contributed by atoms with Crippen LogP contribution in [0.15, 0.2) is 47.4 Å². The number of hydrogen-bond donors (Lipinski definition) is 0. The van der Waals surface area contributed by atoms with E-state index in [1.54, 1.807) is 18.2 Å². The average Bonchev–Trinajstić information content (AvgIpc) is 2.55. The lowest BCUT2D eigenvalue weighted by Crippen LogP contribution is -2.27. The van der Waals surface area contributed by atoms with Gasteiger partial charge in [-0.25, -0.2) is 8.42 Å². The zero-order valence-electron chi connectivity index (χ0n) is 13.0. The number of nitrogens with zero attached hydrogens (tertiary/aromatic N) is 2. The number of sulfonamides is 1. The summed E-state index contributed by atoms with van der Waals surface area (Å²) in [7, 11) is -1.26. The molecule has 0 aliphatic carbocycles. The second kappa shape index (κ2) is 7.16. The van der Waals surface area contributed by atoms with Crippen LogP contribution in [-0.4, -0.2) is 31.8 Å². The van der Waals surface area contributed by atoms with Crippen molar-refractivity contribution >= 4 is 27.3 Å². The maximum atomic E-state index is 12.7. The van der Waals surface area contributed by atoms with Crippen molar-refractivity contribution in [1.29, 1.82) is 0 Å². The number of rotatable bonds is 6. The van der Waals surface area contributed by atoms with E-state index in [1.165, 1.54) is 32.4 Å². The highest BCUT2D eigenvalue weighted by atomic mass is 35.5. The molecule has 0 aromatic heterocycles. The lowest BCUT2D eigenvalue weighted by atomic mass is 10.2. The third-order valence-electron chi connectivity index (χ3n) is 3.39. The molecule has 2 rings (SSSR count). The van der Waals surface area contributed by atoms with E-state index in [-0.39, 0.29) is 11.4 Å². The van der Waals surface area contributed by atoms with Crippen molar-refractivity contribution in [3.05, 3.63) is 63.2 Å². The van der Waals surface area contributed by atoms with Crippen LogP contribution in [0.3, 0.4) is 0 Å². The first-order chi connectivity index (χ1) is 11.3. The molecule has 0 heterocycles. The minimum absolute atomic E-state index is 0.0435. The van der Waals surface area contributed by atoms with Gasteiger partial charge in [0.05, 0.1) is 12.0 Å². The first-order valence-electron chi connectivity index (χ1n) is 6.79. The first kappa shape index (κ1) is 18.2. The van der Waals surface area contributed by atoms with Crippen LogP contribution < -0.4 is 4.74 Å². The molecular weight excluding hydrogens is 356 g/mol. The Morgan fingerprint density at radius 2 is 1.92 bits per heavy atom. The Morgan fingerprint density at radius 1 is 1.25 bits per heavy atom. The van der Waals surface area contributed by atoms with Gasteiger partial charge in [-0.3, -0.25) is 10.1 Å². The molecule has 7 nitrogen and oxygen atoms in total. The van der Waals surface area contributed by atoms with Crippen molar-refractivity contribution in [1.82, 2.24) is 4.31 Å². The Morgan fingerprint density at radius 3 is 2.54 bits per heavy atom. The molecule has 0 bridgehead atoms. The Hall–Kier alpha value is -2.16. The van der Waals surface area contributed by atoms with Gasteiger partial charge in [0.1, 0.15) is 5.75 Å². The summed E-state index contributed by atoms with van der Waals surface area (Å²) in [6, 6.07) is 10.1. The predicted molar refractivity (Wildman–Crippen MR) is 89.8 cm³/mol. The SMILES string of the molecule is COc1ccc(Cl)cc1CN(C)S(=O)(=O)c1ccccc1[N+](=O)[O-]. The molecule has 0 fully saturated rings. The lowest BCUT2D eigenvalue weighted by Gasteiger charge is -2.19. The van der Waals surface area contributed by atoms with E-state index in [1.807, 2.05) is 0 Å². The van der Waals surface area contributed by atoms with Gasteiger partial charge in [-0.1, -0.05) is 23.7 Å². The summed E-state index contributed by atoms with van der Waals surface area (Å²) in [6.07, 6.45) is 0. The molecule has 24 heavy (non-hydrogen) atoms. The third-order valence-corrected chi connectivity index (χ3v) is 5.47. The van der Waals surface area contributed by atoms with Crippen LogP contribution >= 0.6 is 11.6 Å². The molecule has 0 saturated carbocycles. The summed E-state index contributed by atoms with van der Waals surface area (Å²) in [5.74, 6) is 0.476. The number of para-hydroxylation sites is 1. The van der Waals surface area contributed by atoms with E-state index < -0.39 is 20.6 Å². The van der Waals surface area contributed by atoms with Gasteiger partial charge in [-0.15, -0.1) is 0 Å². The molecule has 0 N–H and O–H groups in total. The fourth-order valence-corrected chi connectivity index (χ4v) is 3.69. The van der Waals surface area contributed by atoms with Gasteiger partial charge in [0, 0.05) is 30.2 Å². The highest BCUT2D eigenvalue weighted by Gasteiger charge is 2.29. The lowest BCUT2D eigenvalue weighted by molar-refractivity contribution is -0.387. The van der Waals surface area contributed by atoms with Crippen LogP contribution in [0.25, 0.3) is 0 Å². The molecular formula is C15H15ClN2O5S. The number of nitro groups is 1. The summed E-state index contributed by atoms with van der Waals surface area (Å²) in [5, 5.41) is 11.5. The Balaban J connectivity index is 2.41. The molecule has 9 heteroatoms. The fraction of sp³-hybridized carbons (Fsp3) is 0.200. The normalized spacial score (nSPS) is 11.5. The maximum absolute atomic E-state index is 12.7. The number of methoxy groups -OCH3 is 1. The molecule has 128 valence electrons. The van der Waals surface area contributed by atoms with Gasteiger partial charge in [-0.2, -0.15) is 4.31 Å². The number of hydrogen-bond acceptors (Lipinski definition) is 5. The average molecular weight is 371 g/mol. The van der Waals surface area contributed by atoms with Gasteiger partial charge < -0.3 is 4.74 Å². The first-order valence-corrected chi connectivity index (χ1v) is 8.61. The van der Waals surface area contributed by atoms with E-state index in [9.17, 15) is 18.5 Å². The second-order valence-corrected chi connectivity index (χ2v) is 7.39. The fourth-order valence-electron chi connectivity index (χ4n) is 2.19. The van der Waals surface area contributed by atoms with Crippen molar-refractivity contribution in [3.63, 3.8) is 0 Å². The number of ether oxygens (including phenoxy) is 1. The molecule has 0 aliphatic heterocycles. The van der Waals surface area contributed by atoms with E-state index >= 15 is 0 Å². The molecule has 2 aromatic carbocycles. The zero-order chi connectivity index (χ0) is 17.9. The highest BCUT2D eigenvalue weighted by Crippen LogP contribution is 2.29. The molecule has 0 saturated heterocycles. The standard InChI is InChI=1S/C15H15ClN2O5S/c1-17(10-11-9-12(16)7-8-14(11)23-2)24(21,22)15-6-4-3-5-13(15)18(19)20/h3-9H,10H2,1-2H3. The molecule has 0 aliphatic rings. The van der Waals surface area contributed by atoms with Gasteiger partial charge in [0.15, 0.2) is 4.90 Å². The van der Waals surface area contributed by atoms with Crippen molar-refractivity contribution < 1.29 is 18.1 Å². The van der Waals surface area contributed by atoms with Gasteiger partial charge in [0.2, 0.25) is 10.0 Å². The molecule has 2 aromatic rings. The summed E-state index contributed by atoms with van der Waals surface area (Å²) >= 11 is 5.94. The van der Waals surface area contributed by atoms with Crippen molar-refractivity contribution in [2.45, 2.75) is 11.4 Å². The molecule has 0 spiro atoms. The van der Waals surface area contributed by atoms with Crippen LogP contribution in [-0.2, 0) is 16.6 Å². The van der Waals surface area contributed by atoms with E-state index in [0.717, 1.165) is 10.4 Å². The van der Waals surface area contributed by atoms with E-state index in [4.69, 9.17) is 16.3 Å². The quantitative estimate of drug-likeness (QED) is 0.575. The summed E-state index contributed by atoms with van der Waals surface area (Å²) in [6.45, 7) is -0.0435. The molecule has 0 unspecified atom stereocenters. The van der Waals surface area contributed by atoms with Crippen molar-refractivity contribution in [2.75, 3.05) is 14.2 Å². The third kappa shape index (κ3) is 3.66. The number of halogens is 1. The van der Waals surface area contributed by atoms with Crippen molar-refractivity contribution in [2.24, 2.45) is 0 Å². The largest absolute Gasteiger partial charge is 0.496 e. The van der Waals surface area contributed by atoms with Crippen LogP contribution in [0.2, 0.25) is 5.02 Å². The second-order valence-electron chi connectivity index (χ2n) is 4.94. The van der Waals surface area contributed by atoms with Gasteiger partial charge >= 0.3 is 0 Å². The minimum Gasteiger partial charge on any atom is -0.496 e. The highest BCUT2D eigenvalue weighted by molar-refractivity contribution is 7.89. The van der Waals surface area contributed by atoms with E-state index in [2.05, 4.69) is 0 Å². The number of nitro benzene ring substituents is 1. The van der Waals surface area contributed by atoms with Crippen LogP contribution in [0.5, 0.6) is 5.75 Å². The zero-order valence-corrected chi connectivity index (χ0v) is 14.5. The number of benzene rings is 2. The predicted octanol–water partition coefficient (Wildman–Crippen LogP) is 3.08. The Labute approximate surface area is 144 Å². The maximum Gasteiger partial charge on any atom is 0.289 e. The molecule has 0 amide bonds. The van der Waals surface area contributed by atoms with Gasteiger partial charge in [0.25, 0.3) is 5.69 Å². The topological polar surface area (TPSA) is 89.8 Å². The summed E-state index contributed by atoms with van der Waals surface area (Å²) in [4.78, 5) is 10.00. The molecule has 0 radical (unpaired) electrons. The van der Waals surface area contributed by atoms with Crippen LogP contribution in [0, 0.1) is 10.1 Å². The van der Waals surface area contributed by atoms with Crippen LogP contribution in [0.1, 0.15) is 5.56 Å². The smallest absolute Gasteiger partial charge is 0.289 e. The molecule has 0 atom stereocenters. The minimum atomic E-state index is -4.06.